The van der Waals surface area contributed by atoms with Crippen LogP contribution in [-0.2, 0) is 15.3 Å². The van der Waals surface area contributed by atoms with Crippen LogP contribution >= 0.6 is 21.0 Å². The van der Waals surface area contributed by atoms with Crippen molar-refractivity contribution in [2.24, 2.45) is 0 Å². The van der Waals surface area contributed by atoms with Crippen molar-refractivity contribution in [1.29, 1.82) is 0 Å². The zero-order valence-corrected chi connectivity index (χ0v) is 7.71. The molecule has 0 aromatic rings. The fourth-order valence-corrected chi connectivity index (χ4v) is 2.53. The average molecular weight is 253 g/mol. The van der Waals surface area contributed by atoms with Gasteiger partial charge in [0.15, 0.2) is 0 Å². The molecule has 3 N–H and O–H groups in total. The van der Waals surface area contributed by atoms with Crippen LogP contribution in [0.1, 0.15) is 0 Å². The third-order valence-electron chi connectivity index (χ3n) is 0.212. The molecular formula is H6O3P3Pd. The van der Waals surface area contributed by atoms with E-state index in [9.17, 15) is 0 Å². The van der Waals surface area contributed by atoms with E-state index in [1.54, 1.807) is 0 Å². The third-order valence-corrected chi connectivity index (χ3v) is 11.3. The first-order valence-corrected chi connectivity index (χ1v) is 10.4. The second kappa shape index (κ2) is 5.96. The second-order valence-electron chi connectivity index (χ2n) is 0.449. The van der Waals surface area contributed by atoms with Crippen LogP contribution in [0.5, 0.6) is 0 Å². The van der Waals surface area contributed by atoms with Crippen molar-refractivity contribution in [3.63, 3.8) is 0 Å². The summed E-state index contributed by atoms with van der Waals surface area (Å²) in [5, 5.41) is 0. The van der Waals surface area contributed by atoms with Crippen LogP contribution in [0.15, 0.2) is 0 Å². The van der Waals surface area contributed by atoms with Crippen LogP contribution in [0, 0.1) is 0 Å². The van der Waals surface area contributed by atoms with E-state index in [1.807, 2.05) is 0 Å². The molecule has 3 nitrogen and oxygen atoms in total. The van der Waals surface area contributed by atoms with Crippen molar-refractivity contribution in [2.45, 2.75) is 0 Å². The molecule has 0 rings (SSSR count). The van der Waals surface area contributed by atoms with Crippen LogP contribution in [0.25, 0.3) is 0 Å². The second-order valence-corrected chi connectivity index (χ2v) is 16.4. The van der Waals surface area contributed by atoms with Crippen molar-refractivity contribution in [3.8, 4) is 0 Å². The van der Waals surface area contributed by atoms with E-state index in [4.69, 9.17) is 14.7 Å². The zero-order valence-electron chi connectivity index (χ0n) is 3.16. The van der Waals surface area contributed by atoms with E-state index in [0.29, 0.717) is 0 Å². The van der Waals surface area contributed by atoms with Gasteiger partial charge in [-0.15, -0.1) is 0 Å². The summed E-state index contributed by atoms with van der Waals surface area (Å²) < 4.78 is 0. The summed E-state index contributed by atoms with van der Waals surface area (Å²) in [6.07, 6.45) is 0. The number of rotatable bonds is 3. The summed E-state index contributed by atoms with van der Waals surface area (Å²) in [5.41, 5.74) is 0. The molecule has 0 bridgehead atoms. The predicted octanol–water partition coefficient (Wildman–Crippen LogP) is 0.107. The van der Waals surface area contributed by atoms with Gasteiger partial charge in [0.05, 0.1) is 0 Å². The van der Waals surface area contributed by atoms with Gasteiger partial charge in [0.1, 0.15) is 0 Å². The summed E-state index contributed by atoms with van der Waals surface area (Å²) in [6.45, 7) is -0.629. The fraction of sp³-hybridized carbons (Fsp3) is 0. The van der Waals surface area contributed by atoms with E-state index in [-0.39, 0.29) is 21.0 Å². The van der Waals surface area contributed by atoms with Crippen molar-refractivity contribution in [1.82, 2.24) is 0 Å². The molecule has 0 aliphatic heterocycles. The summed E-state index contributed by atoms with van der Waals surface area (Å²) in [4.78, 5) is 24.9. The standard InChI is InChI=1S/3H2OP.Pd/c3*1-2;/h3*1-2H;/q3*-1;+3. The quantitative estimate of drug-likeness (QED) is 0.494. The minimum atomic E-state index is -1.24. The van der Waals surface area contributed by atoms with Crippen LogP contribution in [0.2, 0.25) is 0 Å². The van der Waals surface area contributed by atoms with Gasteiger partial charge in [0.25, 0.3) is 0 Å². The maximum absolute atomic E-state index is 8.30. The Bertz CT molecular complexity index is 31.7. The molecule has 0 radical (unpaired) electrons. The van der Waals surface area contributed by atoms with Crippen LogP contribution in [-0.4, -0.2) is 14.7 Å². The Hall–Kier alpha value is 1.83. The van der Waals surface area contributed by atoms with Gasteiger partial charge in [-0.3, -0.25) is 0 Å². The van der Waals surface area contributed by atoms with E-state index in [2.05, 4.69) is 0 Å². The molecule has 0 aliphatic carbocycles. The molecule has 7 heteroatoms. The van der Waals surface area contributed by atoms with Gasteiger partial charge < -0.3 is 0 Å². The molecule has 0 fully saturated rings. The van der Waals surface area contributed by atoms with Crippen LogP contribution in [0.4, 0.5) is 0 Å². The molecular weight excluding hydrogens is 247 g/mol. The molecule has 49 valence electrons. The van der Waals surface area contributed by atoms with Gasteiger partial charge in [-0.25, -0.2) is 0 Å². The van der Waals surface area contributed by atoms with E-state index >= 15 is 0 Å². The number of hydrogen-bond acceptors (Lipinski definition) is 3. The zero-order chi connectivity index (χ0) is 5.70. The van der Waals surface area contributed by atoms with Gasteiger partial charge in [0.2, 0.25) is 0 Å². The molecule has 0 aromatic carbocycles. The van der Waals surface area contributed by atoms with Gasteiger partial charge in [-0.1, -0.05) is 0 Å². The van der Waals surface area contributed by atoms with Gasteiger partial charge in [0, 0.05) is 0 Å². The molecule has 0 saturated carbocycles. The van der Waals surface area contributed by atoms with Crippen molar-refractivity contribution in [3.05, 3.63) is 0 Å². The molecule has 0 amide bonds. The molecule has 0 aliphatic rings. The normalized spacial score (nSPS) is 16.7. The maximum atomic E-state index is 8.30. The van der Waals surface area contributed by atoms with E-state index in [0.717, 1.165) is 0 Å². The molecule has 7 heavy (non-hydrogen) atoms. The first kappa shape index (κ1) is 8.83. The number of hydrogen-bond donors (Lipinski definition) is 3. The fourth-order valence-electron chi connectivity index (χ4n) is 0.0474. The minimum absolute atomic E-state index is 0.210. The molecule has 0 saturated heterocycles. The summed E-state index contributed by atoms with van der Waals surface area (Å²) in [7, 11) is 0. The van der Waals surface area contributed by atoms with E-state index < -0.39 is 15.3 Å². The van der Waals surface area contributed by atoms with Gasteiger partial charge in [-0.2, -0.15) is 0 Å². The summed E-state index contributed by atoms with van der Waals surface area (Å²) in [5.74, 6) is 0. The first-order valence-electron chi connectivity index (χ1n) is 1.15. The van der Waals surface area contributed by atoms with Crippen molar-refractivity contribution in [2.75, 3.05) is 0 Å². The molecule has 3 atom stereocenters. The Morgan fingerprint density at radius 3 is 1.14 bits per heavy atom. The Balaban J connectivity index is 2.99. The Morgan fingerprint density at radius 2 is 1.14 bits per heavy atom. The molecule has 0 aromatic heterocycles. The summed E-state index contributed by atoms with van der Waals surface area (Å²) >= 11 is -1.24. The van der Waals surface area contributed by atoms with Crippen molar-refractivity contribution < 1.29 is 30.0 Å². The van der Waals surface area contributed by atoms with E-state index in [1.165, 1.54) is 0 Å². The van der Waals surface area contributed by atoms with Crippen molar-refractivity contribution >= 4 is 21.0 Å². The van der Waals surface area contributed by atoms with Gasteiger partial charge in [-0.05, 0) is 0 Å². The average Bonchev–Trinajstić information content (AvgIpc) is 1.72. The molecule has 0 spiro atoms. The Labute approximate surface area is 51.2 Å². The van der Waals surface area contributed by atoms with Crippen LogP contribution < -0.4 is 0 Å². The predicted molar refractivity (Wildman–Crippen MR) is 31.6 cm³/mol. The molecule has 0 heterocycles. The Kier molecular flexibility index (Phi) is 7.52. The molecule has 3 unspecified atom stereocenters. The first-order chi connectivity index (χ1) is 3.35. The monoisotopic (exact) mass is 253 g/mol. The Morgan fingerprint density at radius 1 is 0.857 bits per heavy atom. The topological polar surface area (TPSA) is 60.7 Å². The van der Waals surface area contributed by atoms with Crippen LogP contribution in [0.3, 0.4) is 0 Å². The third kappa shape index (κ3) is 4.34. The van der Waals surface area contributed by atoms with Gasteiger partial charge >= 0.3 is 50.9 Å². The SMILES string of the molecule is O[PH][Pd]([PH]O)[PH]O. The summed E-state index contributed by atoms with van der Waals surface area (Å²) in [6, 6.07) is 0.